The van der Waals surface area contributed by atoms with Gasteiger partial charge in [0, 0.05) is 17.5 Å². The molecule has 1 atom stereocenters. The average Bonchev–Trinajstić information content (AvgIpc) is 2.89. The van der Waals surface area contributed by atoms with Crippen LogP contribution in [0.2, 0.25) is 0 Å². The lowest BCUT2D eigenvalue weighted by Crippen LogP contribution is -1.98. The van der Waals surface area contributed by atoms with E-state index in [0.29, 0.717) is 24.1 Å². The Morgan fingerprint density at radius 2 is 2.11 bits per heavy atom. The van der Waals surface area contributed by atoms with Crippen molar-refractivity contribution in [1.82, 2.24) is 10.2 Å². The minimum absolute atomic E-state index is 0.292. The number of benzene rings is 1. The molecule has 0 aliphatic carbocycles. The van der Waals surface area contributed by atoms with Crippen LogP contribution in [0, 0.1) is 18.2 Å². The lowest BCUT2D eigenvalue weighted by molar-refractivity contribution is 0.166. The van der Waals surface area contributed by atoms with E-state index in [1.54, 1.807) is 18.3 Å². The first-order valence-corrected chi connectivity index (χ1v) is 6.13. The van der Waals surface area contributed by atoms with Gasteiger partial charge in [-0.1, -0.05) is 0 Å². The van der Waals surface area contributed by atoms with Gasteiger partial charge < -0.3 is 5.11 Å². The van der Waals surface area contributed by atoms with Gasteiger partial charge in [0.2, 0.25) is 0 Å². The summed E-state index contributed by atoms with van der Waals surface area (Å²) < 4.78 is 12.9. The number of hydrogen-bond acceptors (Lipinski definition) is 2. The Morgan fingerprint density at radius 3 is 2.79 bits per heavy atom. The van der Waals surface area contributed by atoms with E-state index in [-0.39, 0.29) is 5.82 Å². The lowest BCUT2D eigenvalue weighted by Gasteiger charge is -2.10. The number of unbranched alkanes of at least 4 members (excludes halogenated alkanes) is 1. The highest BCUT2D eigenvalue weighted by molar-refractivity contribution is 5.62. The van der Waals surface area contributed by atoms with Crippen LogP contribution in [0.15, 0.2) is 30.5 Å². The molecule has 0 amide bonds. The maximum absolute atomic E-state index is 12.9. The largest absolute Gasteiger partial charge is 0.388 e. The molecule has 19 heavy (non-hydrogen) atoms. The molecule has 2 rings (SSSR count). The third-order valence-corrected chi connectivity index (χ3v) is 2.96. The van der Waals surface area contributed by atoms with Crippen LogP contribution < -0.4 is 0 Å². The highest BCUT2D eigenvalue weighted by Crippen LogP contribution is 2.28. The van der Waals surface area contributed by atoms with E-state index in [2.05, 4.69) is 16.1 Å². The number of terminal acetylenes is 1. The van der Waals surface area contributed by atoms with Crippen molar-refractivity contribution in [2.45, 2.75) is 25.4 Å². The van der Waals surface area contributed by atoms with Crippen molar-refractivity contribution in [2.75, 3.05) is 0 Å². The molecular weight excluding hydrogens is 243 g/mol. The van der Waals surface area contributed by atoms with Crippen LogP contribution in [0.1, 0.15) is 30.9 Å². The van der Waals surface area contributed by atoms with E-state index in [9.17, 15) is 9.50 Å². The van der Waals surface area contributed by atoms with Crippen LogP contribution in [-0.4, -0.2) is 15.3 Å². The number of nitrogens with one attached hydrogen (secondary N) is 1. The zero-order valence-corrected chi connectivity index (χ0v) is 10.4. The molecule has 2 N–H and O–H groups in total. The van der Waals surface area contributed by atoms with Gasteiger partial charge in [-0.05, 0) is 37.1 Å². The molecule has 4 heteroatoms. The predicted molar refractivity (Wildman–Crippen MR) is 71.6 cm³/mol. The minimum Gasteiger partial charge on any atom is -0.388 e. The Balaban J connectivity index is 2.17. The second kappa shape index (κ2) is 6.17. The summed E-state index contributed by atoms with van der Waals surface area (Å²) >= 11 is 0. The normalized spacial score (nSPS) is 12.1. The molecule has 3 nitrogen and oxygen atoms in total. The van der Waals surface area contributed by atoms with Gasteiger partial charge in [-0.3, -0.25) is 5.10 Å². The average molecular weight is 258 g/mol. The number of nitrogens with zero attached hydrogens (tertiary/aromatic N) is 1. The maximum Gasteiger partial charge on any atom is 0.123 e. The number of halogens is 1. The highest BCUT2D eigenvalue weighted by atomic mass is 19.1. The monoisotopic (exact) mass is 258 g/mol. The van der Waals surface area contributed by atoms with E-state index < -0.39 is 6.10 Å². The first-order chi connectivity index (χ1) is 9.22. The van der Waals surface area contributed by atoms with Crippen molar-refractivity contribution < 1.29 is 9.50 Å². The molecule has 0 saturated heterocycles. The third kappa shape index (κ3) is 3.21. The number of aromatic amines is 1. The molecule has 1 heterocycles. The zero-order chi connectivity index (χ0) is 13.7. The summed E-state index contributed by atoms with van der Waals surface area (Å²) in [5.41, 5.74) is 2.22. The molecule has 0 aliphatic heterocycles. The molecular formula is C15H15FN2O. The van der Waals surface area contributed by atoms with Crippen LogP contribution in [0.4, 0.5) is 4.39 Å². The number of hydrogen-bond donors (Lipinski definition) is 2. The quantitative estimate of drug-likeness (QED) is 0.639. The summed E-state index contributed by atoms with van der Waals surface area (Å²) in [6, 6.07) is 6.07. The van der Waals surface area contributed by atoms with Gasteiger partial charge in [0.05, 0.1) is 18.0 Å². The molecule has 0 spiro atoms. The topological polar surface area (TPSA) is 48.9 Å². The van der Waals surface area contributed by atoms with Gasteiger partial charge in [-0.25, -0.2) is 4.39 Å². The molecule has 0 aliphatic rings. The Kier molecular flexibility index (Phi) is 4.32. The summed E-state index contributed by atoms with van der Waals surface area (Å²) in [7, 11) is 0. The van der Waals surface area contributed by atoms with Gasteiger partial charge >= 0.3 is 0 Å². The number of aromatic nitrogens is 2. The standard InChI is InChI=1S/C15H15FN2O/c1-2-3-4-5-14(19)13-10-17-18-15(13)11-6-8-12(16)9-7-11/h1,6-10,14,19H,3-5H2,(H,17,18). The Morgan fingerprint density at radius 1 is 1.37 bits per heavy atom. The number of rotatable bonds is 5. The number of aliphatic hydroxyl groups is 1. The Labute approximate surface area is 111 Å². The fourth-order valence-electron chi connectivity index (χ4n) is 1.95. The molecule has 0 radical (unpaired) electrons. The minimum atomic E-state index is -0.618. The van der Waals surface area contributed by atoms with Crippen LogP contribution in [0.5, 0.6) is 0 Å². The van der Waals surface area contributed by atoms with E-state index in [0.717, 1.165) is 12.0 Å². The number of H-pyrrole nitrogens is 1. The van der Waals surface area contributed by atoms with Crippen molar-refractivity contribution in [3.8, 4) is 23.6 Å². The molecule has 0 saturated carbocycles. The first kappa shape index (κ1) is 13.3. The van der Waals surface area contributed by atoms with Crippen LogP contribution >= 0.6 is 0 Å². The van der Waals surface area contributed by atoms with Crippen molar-refractivity contribution >= 4 is 0 Å². The van der Waals surface area contributed by atoms with Gasteiger partial charge in [0.1, 0.15) is 5.82 Å². The van der Waals surface area contributed by atoms with Gasteiger partial charge in [0.25, 0.3) is 0 Å². The highest BCUT2D eigenvalue weighted by Gasteiger charge is 2.15. The molecule has 2 aromatic rings. The summed E-state index contributed by atoms with van der Waals surface area (Å²) in [5, 5.41) is 16.9. The van der Waals surface area contributed by atoms with Crippen molar-refractivity contribution in [1.29, 1.82) is 0 Å². The third-order valence-electron chi connectivity index (χ3n) is 2.96. The van der Waals surface area contributed by atoms with Gasteiger partial charge in [-0.2, -0.15) is 5.10 Å². The van der Waals surface area contributed by atoms with Crippen LogP contribution in [0.3, 0.4) is 0 Å². The Hall–Kier alpha value is -2.12. The smallest absolute Gasteiger partial charge is 0.123 e. The van der Waals surface area contributed by atoms with E-state index in [4.69, 9.17) is 6.42 Å². The Bertz CT molecular complexity index is 569. The fraction of sp³-hybridized carbons (Fsp3) is 0.267. The fourth-order valence-corrected chi connectivity index (χ4v) is 1.95. The summed E-state index contributed by atoms with van der Waals surface area (Å²) in [6.45, 7) is 0. The molecule has 0 bridgehead atoms. The van der Waals surface area contributed by atoms with Crippen LogP contribution in [-0.2, 0) is 0 Å². The molecule has 98 valence electrons. The summed E-state index contributed by atoms with van der Waals surface area (Å²) in [6.07, 6.45) is 8.14. The SMILES string of the molecule is C#CCCCC(O)c1cn[nH]c1-c1ccc(F)cc1. The predicted octanol–water partition coefficient (Wildman–Crippen LogP) is 3.05. The molecule has 1 aromatic carbocycles. The number of aliphatic hydroxyl groups excluding tert-OH is 1. The second-order valence-corrected chi connectivity index (χ2v) is 4.32. The zero-order valence-electron chi connectivity index (χ0n) is 10.4. The van der Waals surface area contributed by atoms with Gasteiger partial charge in [-0.15, -0.1) is 12.3 Å². The van der Waals surface area contributed by atoms with Crippen molar-refractivity contribution in [2.24, 2.45) is 0 Å². The molecule has 1 aromatic heterocycles. The van der Waals surface area contributed by atoms with Crippen molar-refractivity contribution in [3.63, 3.8) is 0 Å². The summed E-state index contributed by atoms with van der Waals surface area (Å²) in [5.74, 6) is 2.25. The van der Waals surface area contributed by atoms with Crippen molar-refractivity contribution in [3.05, 3.63) is 41.8 Å². The van der Waals surface area contributed by atoms with E-state index in [1.165, 1.54) is 12.1 Å². The second-order valence-electron chi connectivity index (χ2n) is 4.32. The molecule has 0 fully saturated rings. The van der Waals surface area contributed by atoms with E-state index in [1.807, 2.05) is 0 Å². The molecule has 1 unspecified atom stereocenters. The maximum atomic E-state index is 12.9. The first-order valence-electron chi connectivity index (χ1n) is 6.13. The summed E-state index contributed by atoms with van der Waals surface area (Å²) in [4.78, 5) is 0. The lowest BCUT2D eigenvalue weighted by atomic mass is 10.0. The van der Waals surface area contributed by atoms with Gasteiger partial charge in [0.15, 0.2) is 0 Å². The van der Waals surface area contributed by atoms with Crippen LogP contribution in [0.25, 0.3) is 11.3 Å². The van der Waals surface area contributed by atoms with E-state index >= 15 is 0 Å².